The van der Waals surface area contributed by atoms with Crippen LogP contribution in [0.25, 0.3) is 142 Å². The van der Waals surface area contributed by atoms with Crippen LogP contribution in [0, 0.1) is 55.4 Å². The fourth-order valence-electron chi connectivity index (χ4n) is 15.9. The Labute approximate surface area is 643 Å². The second kappa shape index (κ2) is 28.4. The van der Waals surface area contributed by atoms with Gasteiger partial charge in [-0.05, 0) is 219 Å². The second-order valence-electron chi connectivity index (χ2n) is 30.1. The Morgan fingerprint density at radius 2 is 0.645 bits per heavy atom. The molecule has 8 aromatic heterocycles. The predicted molar refractivity (Wildman–Crippen MR) is 452 cm³/mol. The highest BCUT2D eigenvalue weighted by molar-refractivity contribution is 7.19. The zero-order chi connectivity index (χ0) is 75.3. The van der Waals surface area contributed by atoms with Crippen molar-refractivity contribution in [1.29, 1.82) is 0 Å². The van der Waals surface area contributed by atoms with E-state index in [-0.39, 0.29) is 5.54 Å². The molecule has 0 aliphatic heterocycles. The Bertz CT molecular complexity index is 6420. The van der Waals surface area contributed by atoms with Gasteiger partial charge in [0.05, 0.1) is 118 Å². The lowest BCUT2D eigenvalue weighted by molar-refractivity contribution is -0.634. The van der Waals surface area contributed by atoms with Gasteiger partial charge in [-0.25, -0.2) is 47.3 Å². The zero-order valence-electron chi connectivity index (χ0n) is 65.1. The van der Waals surface area contributed by atoms with Gasteiger partial charge in [0.1, 0.15) is 16.9 Å². The molecule has 16 heteroatoms. The summed E-state index contributed by atoms with van der Waals surface area (Å²) in [6.07, 6.45) is 0. The summed E-state index contributed by atoms with van der Waals surface area (Å²) in [6.45, 7) is 33.1. The van der Waals surface area contributed by atoms with Crippen LogP contribution in [0.3, 0.4) is 0 Å². The summed E-state index contributed by atoms with van der Waals surface area (Å²) in [4.78, 5) is 18.9. The topological polar surface area (TPSA) is 86.8 Å². The average Bonchev–Trinajstić information content (AvgIpc) is 1.61. The number of rotatable bonds is 8. The Morgan fingerprint density at radius 1 is 0.336 bits per heavy atom. The van der Waals surface area contributed by atoms with Crippen LogP contribution in [0.1, 0.15) is 114 Å². The van der Waals surface area contributed by atoms with Crippen LogP contribution in [-0.4, -0.2) is 38.2 Å². The van der Waals surface area contributed by atoms with Crippen LogP contribution in [0.15, 0.2) is 194 Å². The van der Waals surface area contributed by atoms with E-state index < -0.39 is 0 Å². The van der Waals surface area contributed by atoms with Crippen LogP contribution in [0.2, 0.25) is 0 Å². The first-order chi connectivity index (χ1) is 51.2. The Balaban J connectivity index is 0.000000115. The van der Waals surface area contributed by atoms with E-state index >= 15 is 0 Å². The van der Waals surface area contributed by atoms with Crippen molar-refractivity contribution in [3.05, 3.63) is 248 Å². The van der Waals surface area contributed by atoms with Crippen molar-refractivity contribution in [3.63, 3.8) is 0 Å². The summed E-state index contributed by atoms with van der Waals surface area (Å²) in [7, 11) is 10.8. The highest BCUT2D eigenvalue weighted by atomic mass is 32.1. The highest BCUT2D eigenvalue weighted by Crippen LogP contribution is 2.41. The lowest BCUT2D eigenvalue weighted by atomic mass is 9.92. The highest BCUT2D eigenvalue weighted by Gasteiger charge is 2.36. The summed E-state index contributed by atoms with van der Waals surface area (Å²) in [6, 6.07) is 70.0. The lowest BCUT2D eigenvalue weighted by Gasteiger charge is -2.19. The molecule has 107 heavy (non-hydrogen) atoms. The van der Waals surface area contributed by atoms with Crippen molar-refractivity contribution in [2.75, 3.05) is 0 Å². The van der Waals surface area contributed by atoms with Crippen molar-refractivity contribution in [2.45, 2.75) is 121 Å². The summed E-state index contributed by atoms with van der Waals surface area (Å²) in [5.41, 5.74) is 29.5. The number of aromatic nitrogens is 12. The zero-order valence-corrected chi connectivity index (χ0v) is 68.4. The number of imidazole rings is 4. The second-order valence-corrected chi connectivity index (χ2v) is 35.1. The van der Waals surface area contributed by atoms with E-state index in [0.717, 1.165) is 42.1 Å². The monoisotopic (exact) mass is 1480 g/mol. The van der Waals surface area contributed by atoms with E-state index in [1.165, 1.54) is 153 Å². The molecule has 0 spiro atoms. The Hall–Kier alpha value is -10.4. The Kier molecular flexibility index (Phi) is 19.2. The number of fused-ring (bicyclic) bond motifs is 8. The summed E-state index contributed by atoms with van der Waals surface area (Å²) in [5.74, 6) is 5.67. The molecule has 0 amide bonds. The van der Waals surface area contributed by atoms with Gasteiger partial charge in [0, 0.05) is 11.1 Å². The molecule has 0 bridgehead atoms. The first kappa shape index (κ1) is 72.2. The molecule has 0 aliphatic carbocycles. The number of aryl methyl sites for hydroxylation is 13. The molecule has 0 radical (unpaired) electrons. The lowest BCUT2D eigenvalue weighted by Crippen LogP contribution is -2.33. The standard InChI is InChI=1S/C29H32N3S.C23H20N3S.C21H24N3S.C18H18N3S/c1-17(2)21-11-10-12-22(18(3)4)28(21)32-26-14-9-8-13-25(26)31(7)29(32)23-16-24-27(15-19(23)5)33-20(6)30-24;1-15-13-22-19(24-16(2)27-22)14-18(15)23-25(3)20-11-7-8-12-21(20)26(23)17-9-5-4-6-10-17;1-13-11-19-16(22-14(2)25-19)12-15(13)20-23(6)17-9-7-8-10-18(17)24(20)21(3,4)5;1-11-9-17-14(19-12(2)22-17)10-13(11)18-20(3)15-7-5-6-8-16(15)21(18)4/h8-18H,1-7H3;4-14H,1-3H3;7-12H,1-6H3;5-10H,1-4H3/q4*+1. The van der Waals surface area contributed by atoms with Gasteiger partial charge in [-0.3, -0.25) is 0 Å². The third-order valence-corrected chi connectivity index (χ3v) is 24.6. The Morgan fingerprint density at radius 3 is 1.04 bits per heavy atom. The molecule has 0 fully saturated rings. The number of para-hydroxylation sites is 10. The molecule has 18 aromatic rings. The van der Waals surface area contributed by atoms with Crippen molar-refractivity contribution in [2.24, 2.45) is 35.2 Å². The number of hydrogen-bond acceptors (Lipinski definition) is 8. The molecular weight excluding hydrogens is 1390 g/mol. The third-order valence-electron chi connectivity index (χ3n) is 20.9. The van der Waals surface area contributed by atoms with Gasteiger partial charge in [-0.1, -0.05) is 113 Å². The molecule has 10 aromatic carbocycles. The minimum absolute atomic E-state index is 0.0183. The third kappa shape index (κ3) is 13.0. The van der Waals surface area contributed by atoms with E-state index in [2.05, 4.69) is 375 Å². The SMILES string of the molecule is Cc1nc2cc(-c3n(-c4c(C(C)C)cccc4C(C)C)c4ccccc4[n+]3C)c(C)cc2s1.Cc1nc2cc(-c3n(-c4ccccc4)c4ccccc4[n+]3C)c(C)cc2s1.Cc1nc2cc(-c3n(C(C)(C)C)c4ccccc4[n+]3C)c(C)cc2s1.Cc1nc2cc(-c3n(C)c4ccccc4[n+]3C)c(C)cc2s1. The van der Waals surface area contributed by atoms with Gasteiger partial charge in [-0.15, -0.1) is 45.3 Å². The number of thiazole rings is 4. The summed E-state index contributed by atoms with van der Waals surface area (Å²) >= 11 is 7.05. The molecule has 538 valence electrons. The minimum Gasteiger partial charge on any atom is -0.241 e. The largest absolute Gasteiger partial charge is 0.295 e. The van der Waals surface area contributed by atoms with Gasteiger partial charge in [0.15, 0.2) is 44.1 Å². The molecular formula is C91H94N12S4+4. The van der Waals surface area contributed by atoms with Crippen molar-refractivity contribution < 1.29 is 18.3 Å². The molecule has 0 aliphatic rings. The normalized spacial score (nSPS) is 11.9. The predicted octanol–water partition coefficient (Wildman–Crippen LogP) is 22.0. The van der Waals surface area contributed by atoms with E-state index in [0.29, 0.717) is 11.8 Å². The number of hydrogen-bond donors (Lipinski definition) is 0. The summed E-state index contributed by atoms with van der Waals surface area (Å²) in [5, 5.41) is 4.45. The maximum Gasteiger partial charge on any atom is 0.295 e. The number of nitrogens with zero attached hydrogens (tertiary/aromatic N) is 12. The van der Waals surface area contributed by atoms with Crippen LogP contribution in [0.5, 0.6) is 0 Å². The first-order valence-corrected chi connectivity index (χ1v) is 40.1. The van der Waals surface area contributed by atoms with Gasteiger partial charge in [0.2, 0.25) is 0 Å². The fourth-order valence-corrected chi connectivity index (χ4v) is 19.6. The molecule has 0 saturated heterocycles. The van der Waals surface area contributed by atoms with Crippen LogP contribution in [0.4, 0.5) is 0 Å². The maximum atomic E-state index is 4.82. The van der Waals surface area contributed by atoms with Crippen LogP contribution < -0.4 is 18.3 Å². The van der Waals surface area contributed by atoms with Gasteiger partial charge >= 0.3 is 0 Å². The smallest absolute Gasteiger partial charge is 0.241 e. The van der Waals surface area contributed by atoms with Crippen LogP contribution in [-0.2, 0) is 40.8 Å². The summed E-state index contributed by atoms with van der Waals surface area (Å²) < 4.78 is 23.8. The number of benzene rings is 10. The molecule has 12 nitrogen and oxygen atoms in total. The van der Waals surface area contributed by atoms with E-state index in [1.54, 1.807) is 45.3 Å². The van der Waals surface area contributed by atoms with E-state index in [9.17, 15) is 0 Å². The van der Waals surface area contributed by atoms with Crippen molar-refractivity contribution in [1.82, 2.24) is 38.2 Å². The van der Waals surface area contributed by atoms with Crippen molar-refractivity contribution >= 4 is 130 Å². The maximum absolute atomic E-state index is 4.82. The quantitative estimate of drug-likeness (QED) is 0.142. The molecule has 0 saturated carbocycles. The average molecular weight is 1480 g/mol. The molecule has 0 unspecified atom stereocenters. The van der Waals surface area contributed by atoms with E-state index in [4.69, 9.17) is 15.0 Å². The molecule has 18 rings (SSSR count). The minimum atomic E-state index is -0.0183. The van der Waals surface area contributed by atoms with Crippen LogP contribution >= 0.6 is 45.3 Å². The fraction of sp³-hybridized carbons (Fsp3) is 0.253. The van der Waals surface area contributed by atoms with Gasteiger partial charge < -0.3 is 0 Å². The van der Waals surface area contributed by atoms with Crippen molar-refractivity contribution in [3.8, 4) is 56.9 Å². The molecule has 0 atom stereocenters. The molecule has 8 heterocycles. The molecule has 0 N–H and O–H groups in total. The van der Waals surface area contributed by atoms with Gasteiger partial charge in [-0.2, -0.15) is 9.13 Å². The van der Waals surface area contributed by atoms with Gasteiger partial charge in [0.25, 0.3) is 23.3 Å². The first-order valence-electron chi connectivity index (χ1n) is 36.9. The van der Waals surface area contributed by atoms with E-state index in [1.807, 2.05) is 0 Å².